The molecule has 0 spiro atoms. The molecule has 2 rings (SSSR count). The molecule has 0 aliphatic heterocycles. The number of nitrogens with zero attached hydrogens (tertiary/aromatic N) is 1. The third-order valence-electron chi connectivity index (χ3n) is 1.67. The van der Waals surface area contributed by atoms with E-state index in [2.05, 4.69) is 9.97 Å². The van der Waals surface area contributed by atoms with E-state index >= 15 is 0 Å². The number of aromatic amines is 1. The van der Waals surface area contributed by atoms with Crippen LogP contribution < -0.4 is 0 Å². The van der Waals surface area contributed by atoms with Gasteiger partial charge in [0.15, 0.2) is 0 Å². The van der Waals surface area contributed by atoms with Crippen molar-refractivity contribution in [3.63, 3.8) is 0 Å². The van der Waals surface area contributed by atoms with E-state index in [9.17, 15) is 4.79 Å². The Labute approximate surface area is 86.4 Å². The minimum Gasteiger partial charge on any atom is -0.478 e. The Morgan fingerprint density at radius 2 is 2.20 bits per heavy atom. The lowest BCUT2D eigenvalue weighted by atomic mass is 10.2. The number of aliphatic hydroxyl groups is 1. The molecule has 0 saturated heterocycles. The van der Waals surface area contributed by atoms with Gasteiger partial charge in [-0.25, -0.2) is 9.78 Å². The molecule has 0 aliphatic carbocycles. The van der Waals surface area contributed by atoms with Gasteiger partial charge >= 0.3 is 5.97 Å². The highest BCUT2D eigenvalue weighted by Crippen LogP contribution is 2.10. The molecule has 0 bridgehead atoms. The summed E-state index contributed by atoms with van der Waals surface area (Å²) in [5.41, 5.74) is 1.79. The van der Waals surface area contributed by atoms with Gasteiger partial charge in [-0.3, -0.25) is 0 Å². The number of benzene rings is 1. The predicted molar refractivity (Wildman–Crippen MR) is 55.8 cm³/mol. The first kappa shape index (κ1) is 11.2. The Hall–Kier alpha value is -1.88. The van der Waals surface area contributed by atoms with Crippen molar-refractivity contribution in [2.45, 2.75) is 6.92 Å². The fourth-order valence-corrected chi connectivity index (χ4v) is 1.07. The average molecular weight is 208 g/mol. The predicted octanol–water partition coefficient (Wildman–Crippen LogP) is 1.26. The maximum atomic E-state index is 10.5. The molecule has 80 valence electrons. The van der Waals surface area contributed by atoms with Crippen molar-refractivity contribution in [1.29, 1.82) is 0 Å². The van der Waals surface area contributed by atoms with Crippen molar-refractivity contribution in [3.8, 4) is 0 Å². The molecule has 15 heavy (non-hydrogen) atoms. The van der Waals surface area contributed by atoms with Gasteiger partial charge in [-0.2, -0.15) is 0 Å². The number of aliphatic hydroxyl groups excluding tert-OH is 1. The smallest absolute Gasteiger partial charge is 0.335 e. The molecule has 0 unspecified atom stereocenters. The Balaban J connectivity index is 0.000000337. The molecular formula is C10H12N2O3. The SMILES string of the molecule is CCO.O=C(O)c1ccc2nc[nH]c2c1. The van der Waals surface area contributed by atoms with Gasteiger partial charge in [0, 0.05) is 6.61 Å². The number of carboxylic acid groups (broad SMARTS) is 1. The fourth-order valence-electron chi connectivity index (χ4n) is 1.07. The van der Waals surface area contributed by atoms with E-state index in [4.69, 9.17) is 10.2 Å². The topological polar surface area (TPSA) is 86.2 Å². The standard InChI is InChI=1S/C8H6N2O2.C2H6O/c11-8(12)5-1-2-6-7(3-5)10-4-9-6;1-2-3/h1-4H,(H,9,10)(H,11,12);3H,2H2,1H3. The van der Waals surface area contributed by atoms with Crippen LogP contribution in [-0.2, 0) is 0 Å². The Kier molecular flexibility index (Phi) is 3.82. The fraction of sp³-hybridized carbons (Fsp3) is 0.200. The normalized spacial score (nSPS) is 9.47. The zero-order valence-corrected chi connectivity index (χ0v) is 8.27. The minimum atomic E-state index is -0.925. The second kappa shape index (κ2) is 5.11. The number of imidazole rings is 1. The van der Waals surface area contributed by atoms with Crippen molar-refractivity contribution in [2.75, 3.05) is 6.61 Å². The summed E-state index contributed by atoms with van der Waals surface area (Å²) in [5.74, 6) is -0.925. The number of hydrogen-bond donors (Lipinski definition) is 3. The van der Waals surface area contributed by atoms with Crippen LogP contribution in [-0.4, -0.2) is 32.8 Å². The zero-order chi connectivity index (χ0) is 11.3. The van der Waals surface area contributed by atoms with Crippen LogP contribution in [0.5, 0.6) is 0 Å². The van der Waals surface area contributed by atoms with Crippen molar-refractivity contribution >= 4 is 17.0 Å². The summed E-state index contributed by atoms with van der Waals surface area (Å²) in [5, 5.41) is 16.2. The number of aromatic carboxylic acids is 1. The maximum Gasteiger partial charge on any atom is 0.335 e. The van der Waals surface area contributed by atoms with Crippen LogP contribution >= 0.6 is 0 Å². The van der Waals surface area contributed by atoms with Crippen LogP contribution in [0.1, 0.15) is 17.3 Å². The average Bonchev–Trinajstić information content (AvgIpc) is 2.65. The highest BCUT2D eigenvalue weighted by molar-refractivity contribution is 5.92. The summed E-state index contributed by atoms with van der Waals surface area (Å²) < 4.78 is 0. The van der Waals surface area contributed by atoms with Gasteiger partial charge in [0.1, 0.15) is 0 Å². The van der Waals surface area contributed by atoms with Gasteiger partial charge in [-0.15, -0.1) is 0 Å². The van der Waals surface area contributed by atoms with E-state index in [1.165, 1.54) is 12.4 Å². The molecule has 1 aromatic heterocycles. The molecule has 1 aromatic carbocycles. The van der Waals surface area contributed by atoms with Crippen LogP contribution in [0.25, 0.3) is 11.0 Å². The van der Waals surface area contributed by atoms with Gasteiger partial charge in [-0.1, -0.05) is 0 Å². The first-order chi connectivity index (χ1) is 7.19. The molecule has 0 saturated carbocycles. The molecule has 0 atom stereocenters. The number of carbonyl (C=O) groups is 1. The van der Waals surface area contributed by atoms with Gasteiger partial charge in [0.2, 0.25) is 0 Å². The molecule has 0 amide bonds. The van der Waals surface area contributed by atoms with Crippen LogP contribution in [0.15, 0.2) is 24.5 Å². The van der Waals surface area contributed by atoms with Gasteiger partial charge in [0.05, 0.1) is 22.9 Å². The van der Waals surface area contributed by atoms with Crippen molar-refractivity contribution in [3.05, 3.63) is 30.1 Å². The quantitative estimate of drug-likeness (QED) is 0.658. The zero-order valence-electron chi connectivity index (χ0n) is 8.27. The largest absolute Gasteiger partial charge is 0.478 e. The summed E-state index contributed by atoms with van der Waals surface area (Å²) in [4.78, 5) is 17.3. The molecular weight excluding hydrogens is 196 g/mol. The number of carboxylic acids is 1. The Bertz CT molecular complexity index is 451. The van der Waals surface area contributed by atoms with Gasteiger partial charge < -0.3 is 15.2 Å². The third-order valence-corrected chi connectivity index (χ3v) is 1.67. The number of fused-ring (bicyclic) bond motifs is 1. The second-order valence-electron chi connectivity index (χ2n) is 2.76. The van der Waals surface area contributed by atoms with Crippen molar-refractivity contribution in [1.82, 2.24) is 9.97 Å². The number of nitrogens with one attached hydrogen (secondary N) is 1. The highest BCUT2D eigenvalue weighted by Gasteiger charge is 2.03. The number of rotatable bonds is 1. The molecule has 2 aromatic rings. The molecule has 3 N–H and O–H groups in total. The van der Waals surface area contributed by atoms with Crippen molar-refractivity contribution in [2.24, 2.45) is 0 Å². The first-order valence-electron chi connectivity index (χ1n) is 4.46. The van der Waals surface area contributed by atoms with Crippen molar-refractivity contribution < 1.29 is 15.0 Å². The lowest BCUT2D eigenvalue weighted by Crippen LogP contribution is -1.94. The molecule has 1 heterocycles. The molecule has 0 fully saturated rings. The Morgan fingerprint density at radius 3 is 2.80 bits per heavy atom. The van der Waals surface area contributed by atoms with E-state index < -0.39 is 5.97 Å². The van der Waals surface area contributed by atoms with E-state index in [0.717, 1.165) is 11.0 Å². The van der Waals surface area contributed by atoms with E-state index in [0.29, 0.717) is 0 Å². The summed E-state index contributed by atoms with van der Waals surface area (Å²) in [6.07, 6.45) is 1.54. The van der Waals surface area contributed by atoms with E-state index in [-0.39, 0.29) is 12.2 Å². The lowest BCUT2D eigenvalue weighted by molar-refractivity contribution is 0.0697. The third kappa shape index (κ3) is 2.78. The van der Waals surface area contributed by atoms with E-state index in [1.54, 1.807) is 19.1 Å². The van der Waals surface area contributed by atoms with Crippen LogP contribution in [0.2, 0.25) is 0 Å². The van der Waals surface area contributed by atoms with Gasteiger partial charge in [0.25, 0.3) is 0 Å². The van der Waals surface area contributed by atoms with Gasteiger partial charge in [-0.05, 0) is 25.1 Å². The molecule has 5 nitrogen and oxygen atoms in total. The number of H-pyrrole nitrogens is 1. The van der Waals surface area contributed by atoms with E-state index in [1.807, 2.05) is 0 Å². The highest BCUT2D eigenvalue weighted by atomic mass is 16.4. The summed E-state index contributed by atoms with van der Waals surface area (Å²) >= 11 is 0. The molecule has 0 radical (unpaired) electrons. The lowest BCUT2D eigenvalue weighted by Gasteiger charge is -1.92. The number of aromatic nitrogens is 2. The maximum absolute atomic E-state index is 10.5. The molecule has 5 heteroatoms. The molecule has 0 aliphatic rings. The first-order valence-corrected chi connectivity index (χ1v) is 4.46. The Morgan fingerprint density at radius 1 is 1.53 bits per heavy atom. The summed E-state index contributed by atoms with van der Waals surface area (Å²) in [6, 6.07) is 4.77. The monoisotopic (exact) mass is 208 g/mol. The summed E-state index contributed by atoms with van der Waals surface area (Å²) in [7, 11) is 0. The number of hydrogen-bond acceptors (Lipinski definition) is 3. The minimum absolute atomic E-state index is 0.250. The van der Waals surface area contributed by atoms with Crippen LogP contribution in [0.3, 0.4) is 0 Å². The summed E-state index contributed by atoms with van der Waals surface area (Å²) in [6.45, 7) is 1.93. The van der Waals surface area contributed by atoms with Crippen LogP contribution in [0, 0.1) is 0 Å². The second-order valence-corrected chi connectivity index (χ2v) is 2.76. The van der Waals surface area contributed by atoms with Crippen LogP contribution in [0.4, 0.5) is 0 Å².